The van der Waals surface area contributed by atoms with Gasteiger partial charge in [0.15, 0.2) is 0 Å². The number of carbonyl (C=O) groups is 1. The van der Waals surface area contributed by atoms with E-state index in [2.05, 4.69) is 13.0 Å². The van der Waals surface area contributed by atoms with Gasteiger partial charge in [-0.2, -0.15) is 0 Å². The molecule has 0 spiro atoms. The maximum absolute atomic E-state index is 10.8. The summed E-state index contributed by atoms with van der Waals surface area (Å²) in [5.74, 6) is 0.284. The highest BCUT2D eigenvalue weighted by Crippen LogP contribution is 2.15. The van der Waals surface area contributed by atoms with Crippen LogP contribution in [0.3, 0.4) is 0 Å². The van der Waals surface area contributed by atoms with Crippen LogP contribution >= 0.6 is 0 Å². The molecule has 0 fully saturated rings. The van der Waals surface area contributed by atoms with Crippen molar-refractivity contribution >= 4 is 12.4 Å². The fourth-order valence-corrected chi connectivity index (χ4v) is 1.27. The van der Waals surface area contributed by atoms with Gasteiger partial charge >= 0.3 is 0 Å². The van der Waals surface area contributed by atoms with Crippen LogP contribution in [-0.2, 0) is 4.79 Å². The molecule has 1 rings (SSSR count). The lowest BCUT2D eigenvalue weighted by molar-refractivity contribution is -0.105. The van der Waals surface area contributed by atoms with E-state index >= 15 is 0 Å². The largest absolute Gasteiger partial charge is 0.298 e. The monoisotopic (exact) mass is 188 g/mol. The van der Waals surface area contributed by atoms with Gasteiger partial charge in [-0.3, -0.25) is 4.79 Å². The Labute approximate surface area is 85.5 Å². The second kappa shape index (κ2) is 4.75. The molecule has 14 heavy (non-hydrogen) atoms. The smallest absolute Gasteiger partial charge is 0.146 e. The summed E-state index contributed by atoms with van der Waals surface area (Å²) in [6.07, 6.45) is 2.91. The Morgan fingerprint density at radius 3 is 2.43 bits per heavy atom. The van der Waals surface area contributed by atoms with Crippen LogP contribution in [0.2, 0.25) is 0 Å². The summed E-state index contributed by atoms with van der Waals surface area (Å²) in [7, 11) is 0. The summed E-state index contributed by atoms with van der Waals surface area (Å²) in [4.78, 5) is 10.8. The molecule has 1 aromatic rings. The Hall–Kier alpha value is -1.37. The highest BCUT2D eigenvalue weighted by atomic mass is 16.1. The quantitative estimate of drug-likeness (QED) is 0.525. The molecule has 1 aromatic carbocycles. The maximum Gasteiger partial charge on any atom is 0.146 e. The fraction of sp³-hybridized carbons (Fsp3) is 0.308. The van der Waals surface area contributed by atoms with E-state index in [0.29, 0.717) is 0 Å². The molecule has 74 valence electrons. The van der Waals surface area contributed by atoms with Crippen molar-refractivity contribution in [2.75, 3.05) is 0 Å². The minimum Gasteiger partial charge on any atom is -0.298 e. The molecule has 0 amide bonds. The highest BCUT2D eigenvalue weighted by molar-refractivity contribution is 5.82. The molecule has 0 heterocycles. The van der Waals surface area contributed by atoms with Crippen LogP contribution in [-0.4, -0.2) is 6.29 Å². The van der Waals surface area contributed by atoms with Gasteiger partial charge in [0.25, 0.3) is 0 Å². The van der Waals surface area contributed by atoms with E-state index in [1.807, 2.05) is 38.1 Å². The number of aldehydes is 1. The van der Waals surface area contributed by atoms with E-state index in [0.717, 1.165) is 17.4 Å². The lowest BCUT2D eigenvalue weighted by atomic mass is 9.99. The molecular weight excluding hydrogens is 172 g/mol. The summed E-state index contributed by atoms with van der Waals surface area (Å²) in [6.45, 7) is 6.10. The van der Waals surface area contributed by atoms with Crippen molar-refractivity contribution in [3.63, 3.8) is 0 Å². The molecule has 0 radical (unpaired) electrons. The SMILES string of the molecule is Cc1ccccc1/C=C(/C=O)C(C)C. The number of hydrogen-bond donors (Lipinski definition) is 0. The molecule has 1 nitrogen and oxygen atoms in total. The molecule has 1 heteroatoms. The molecule has 0 N–H and O–H groups in total. The van der Waals surface area contributed by atoms with Crippen LogP contribution in [0.5, 0.6) is 0 Å². The standard InChI is InChI=1S/C13H16O/c1-10(2)13(9-14)8-12-7-5-4-6-11(12)3/h4-10H,1-3H3/b13-8-. The van der Waals surface area contributed by atoms with Gasteiger partial charge in [-0.1, -0.05) is 38.1 Å². The third kappa shape index (κ3) is 2.56. The zero-order valence-electron chi connectivity index (χ0n) is 8.95. The molecular formula is C13H16O. The van der Waals surface area contributed by atoms with E-state index < -0.39 is 0 Å². The van der Waals surface area contributed by atoms with E-state index in [1.165, 1.54) is 5.56 Å². The van der Waals surface area contributed by atoms with Crippen LogP contribution in [0.15, 0.2) is 29.8 Å². The Bertz CT molecular complexity index is 348. The van der Waals surface area contributed by atoms with Crippen LogP contribution in [0.1, 0.15) is 25.0 Å². The van der Waals surface area contributed by atoms with Crippen LogP contribution < -0.4 is 0 Å². The Kier molecular flexibility index (Phi) is 3.63. The van der Waals surface area contributed by atoms with E-state index in [4.69, 9.17) is 0 Å². The molecule has 0 aliphatic heterocycles. The van der Waals surface area contributed by atoms with Gasteiger partial charge in [0.1, 0.15) is 6.29 Å². The van der Waals surface area contributed by atoms with Crippen LogP contribution in [0.25, 0.3) is 6.08 Å². The van der Waals surface area contributed by atoms with Crippen molar-refractivity contribution in [3.05, 3.63) is 41.0 Å². The van der Waals surface area contributed by atoms with Crippen molar-refractivity contribution in [2.24, 2.45) is 5.92 Å². The molecule has 0 aromatic heterocycles. The first-order chi connectivity index (χ1) is 6.65. The van der Waals surface area contributed by atoms with Crippen molar-refractivity contribution in [3.8, 4) is 0 Å². The van der Waals surface area contributed by atoms with Gasteiger partial charge in [0, 0.05) is 0 Å². The first-order valence-electron chi connectivity index (χ1n) is 4.87. The predicted molar refractivity (Wildman–Crippen MR) is 60.1 cm³/mol. The highest BCUT2D eigenvalue weighted by Gasteiger charge is 2.02. The van der Waals surface area contributed by atoms with E-state index in [9.17, 15) is 4.79 Å². The summed E-state index contributed by atoms with van der Waals surface area (Å²) in [5, 5.41) is 0. The molecule has 0 aliphatic carbocycles. The predicted octanol–water partition coefficient (Wildman–Crippen LogP) is 3.23. The van der Waals surface area contributed by atoms with Gasteiger partial charge in [-0.25, -0.2) is 0 Å². The molecule has 0 saturated carbocycles. The third-order valence-electron chi connectivity index (χ3n) is 2.31. The number of carbonyl (C=O) groups excluding carboxylic acids is 1. The first kappa shape index (κ1) is 10.7. The van der Waals surface area contributed by atoms with Gasteiger partial charge in [-0.05, 0) is 35.6 Å². The number of hydrogen-bond acceptors (Lipinski definition) is 1. The van der Waals surface area contributed by atoms with Crippen molar-refractivity contribution in [2.45, 2.75) is 20.8 Å². The van der Waals surface area contributed by atoms with E-state index in [-0.39, 0.29) is 5.92 Å². The summed E-state index contributed by atoms with van der Waals surface area (Å²) >= 11 is 0. The van der Waals surface area contributed by atoms with Gasteiger partial charge < -0.3 is 0 Å². The van der Waals surface area contributed by atoms with Crippen molar-refractivity contribution in [1.29, 1.82) is 0 Å². The topological polar surface area (TPSA) is 17.1 Å². The zero-order chi connectivity index (χ0) is 10.6. The summed E-state index contributed by atoms with van der Waals surface area (Å²) in [5.41, 5.74) is 3.18. The Morgan fingerprint density at radius 1 is 1.29 bits per heavy atom. The van der Waals surface area contributed by atoms with Crippen molar-refractivity contribution < 1.29 is 4.79 Å². The number of rotatable bonds is 3. The first-order valence-corrected chi connectivity index (χ1v) is 4.87. The fourth-order valence-electron chi connectivity index (χ4n) is 1.27. The number of aryl methyl sites for hydroxylation is 1. The van der Waals surface area contributed by atoms with Gasteiger partial charge in [0.05, 0.1) is 0 Å². The average molecular weight is 188 g/mol. The van der Waals surface area contributed by atoms with Crippen molar-refractivity contribution in [1.82, 2.24) is 0 Å². The van der Waals surface area contributed by atoms with E-state index in [1.54, 1.807) is 0 Å². The van der Waals surface area contributed by atoms with Crippen LogP contribution in [0, 0.1) is 12.8 Å². The Balaban J connectivity index is 3.06. The summed E-state index contributed by atoms with van der Waals surface area (Å²) < 4.78 is 0. The second-order valence-electron chi connectivity index (χ2n) is 3.77. The maximum atomic E-state index is 10.8. The lowest BCUT2D eigenvalue weighted by Crippen LogP contribution is -1.95. The normalized spacial score (nSPS) is 11.9. The van der Waals surface area contributed by atoms with Gasteiger partial charge in [-0.15, -0.1) is 0 Å². The summed E-state index contributed by atoms with van der Waals surface area (Å²) in [6, 6.07) is 8.07. The van der Waals surface area contributed by atoms with Gasteiger partial charge in [0.2, 0.25) is 0 Å². The molecule has 0 atom stereocenters. The molecule has 0 saturated heterocycles. The lowest BCUT2D eigenvalue weighted by Gasteiger charge is -2.05. The van der Waals surface area contributed by atoms with Crippen LogP contribution in [0.4, 0.5) is 0 Å². The minimum absolute atomic E-state index is 0.284. The number of allylic oxidation sites excluding steroid dienone is 1. The molecule has 0 unspecified atom stereocenters. The average Bonchev–Trinajstić information content (AvgIpc) is 2.16. The molecule has 0 bridgehead atoms. The second-order valence-corrected chi connectivity index (χ2v) is 3.77. The third-order valence-corrected chi connectivity index (χ3v) is 2.31. The number of benzene rings is 1. The minimum atomic E-state index is 0.284. The Morgan fingerprint density at radius 2 is 1.93 bits per heavy atom. The molecule has 0 aliphatic rings. The zero-order valence-corrected chi connectivity index (χ0v) is 8.95.